The average Bonchev–Trinajstić information content (AvgIpc) is 2.34. The van der Waals surface area contributed by atoms with Gasteiger partial charge in [0.05, 0.1) is 6.04 Å². The van der Waals surface area contributed by atoms with Crippen molar-refractivity contribution in [3.8, 4) is 0 Å². The highest BCUT2D eigenvalue weighted by Gasteiger charge is 2.15. The van der Waals surface area contributed by atoms with Crippen LogP contribution in [0.1, 0.15) is 31.9 Å². The highest BCUT2D eigenvalue weighted by Crippen LogP contribution is 2.14. The molecule has 0 amide bonds. The van der Waals surface area contributed by atoms with E-state index in [1.54, 1.807) is 6.07 Å². The molecule has 1 aromatic rings. The van der Waals surface area contributed by atoms with Gasteiger partial charge in [0.1, 0.15) is 5.82 Å². The van der Waals surface area contributed by atoms with E-state index in [1.165, 1.54) is 12.1 Å². The number of nitrogens with two attached hydrogens (primary N) is 1. The number of benzene rings is 1. The lowest BCUT2D eigenvalue weighted by atomic mass is 10.1. The summed E-state index contributed by atoms with van der Waals surface area (Å²) < 4.78 is 13.1. The number of nitrogens with one attached hydrogen (secondary N) is 1. The third-order valence-electron chi connectivity index (χ3n) is 2.68. The van der Waals surface area contributed by atoms with E-state index in [0.29, 0.717) is 6.42 Å². The molecule has 94 valence electrons. The molecule has 1 rings (SSSR count). The number of halogens is 1. The SMILES string of the molecule is CCC(N[C@H](C)c1cccc(F)c1)/C(N)=N/O. The van der Waals surface area contributed by atoms with Crippen molar-refractivity contribution in [3.63, 3.8) is 0 Å². The Bertz CT molecular complexity index is 395. The Labute approximate surface area is 100 Å². The Morgan fingerprint density at radius 1 is 1.59 bits per heavy atom. The molecule has 1 aromatic carbocycles. The highest BCUT2D eigenvalue weighted by atomic mass is 19.1. The van der Waals surface area contributed by atoms with Gasteiger partial charge in [-0.2, -0.15) is 0 Å². The first-order valence-corrected chi connectivity index (χ1v) is 5.57. The van der Waals surface area contributed by atoms with Crippen LogP contribution in [0.5, 0.6) is 0 Å². The van der Waals surface area contributed by atoms with E-state index < -0.39 is 0 Å². The van der Waals surface area contributed by atoms with Gasteiger partial charge in [-0.1, -0.05) is 24.2 Å². The minimum atomic E-state index is -0.270. The van der Waals surface area contributed by atoms with Gasteiger partial charge in [0, 0.05) is 6.04 Å². The quantitative estimate of drug-likeness (QED) is 0.318. The third-order valence-corrected chi connectivity index (χ3v) is 2.68. The van der Waals surface area contributed by atoms with Crippen molar-refractivity contribution in [2.75, 3.05) is 0 Å². The van der Waals surface area contributed by atoms with Crippen LogP contribution in [0.25, 0.3) is 0 Å². The Balaban J connectivity index is 2.74. The summed E-state index contributed by atoms with van der Waals surface area (Å²) in [7, 11) is 0. The predicted molar refractivity (Wildman–Crippen MR) is 65.4 cm³/mol. The van der Waals surface area contributed by atoms with Crippen LogP contribution in [-0.2, 0) is 0 Å². The van der Waals surface area contributed by atoms with Crippen molar-refractivity contribution in [2.24, 2.45) is 10.9 Å². The molecule has 17 heavy (non-hydrogen) atoms. The van der Waals surface area contributed by atoms with Crippen molar-refractivity contribution in [2.45, 2.75) is 32.4 Å². The molecule has 5 heteroatoms. The van der Waals surface area contributed by atoms with E-state index in [-0.39, 0.29) is 23.7 Å². The van der Waals surface area contributed by atoms with E-state index in [4.69, 9.17) is 10.9 Å². The van der Waals surface area contributed by atoms with Gasteiger partial charge in [0.2, 0.25) is 0 Å². The van der Waals surface area contributed by atoms with Crippen LogP contribution in [0.3, 0.4) is 0 Å². The van der Waals surface area contributed by atoms with E-state index in [0.717, 1.165) is 5.56 Å². The number of hydrogen-bond acceptors (Lipinski definition) is 3. The Hall–Kier alpha value is -1.62. The van der Waals surface area contributed by atoms with E-state index in [2.05, 4.69) is 10.5 Å². The van der Waals surface area contributed by atoms with Crippen molar-refractivity contribution in [1.29, 1.82) is 0 Å². The normalized spacial score (nSPS) is 15.6. The molecule has 0 saturated heterocycles. The fourth-order valence-electron chi connectivity index (χ4n) is 1.66. The Morgan fingerprint density at radius 2 is 2.29 bits per heavy atom. The summed E-state index contributed by atoms with van der Waals surface area (Å²) in [4.78, 5) is 0. The van der Waals surface area contributed by atoms with Crippen LogP contribution in [0.4, 0.5) is 4.39 Å². The molecule has 2 atom stereocenters. The molecule has 0 aliphatic rings. The Morgan fingerprint density at radius 3 is 2.82 bits per heavy atom. The van der Waals surface area contributed by atoms with Crippen molar-refractivity contribution in [1.82, 2.24) is 5.32 Å². The average molecular weight is 239 g/mol. The van der Waals surface area contributed by atoms with Crippen LogP contribution in [0, 0.1) is 5.82 Å². The largest absolute Gasteiger partial charge is 0.409 e. The second-order valence-corrected chi connectivity index (χ2v) is 3.93. The first kappa shape index (κ1) is 13.4. The summed E-state index contributed by atoms with van der Waals surface area (Å²) in [6.45, 7) is 3.83. The summed E-state index contributed by atoms with van der Waals surface area (Å²) in [6, 6.07) is 6.06. The Kier molecular flexibility index (Phi) is 4.90. The molecule has 0 bridgehead atoms. The molecular weight excluding hydrogens is 221 g/mol. The zero-order valence-corrected chi connectivity index (χ0v) is 10.0. The van der Waals surface area contributed by atoms with Gasteiger partial charge in [-0.05, 0) is 31.0 Å². The molecular formula is C12H18FN3O. The molecule has 4 N–H and O–H groups in total. The zero-order chi connectivity index (χ0) is 12.8. The van der Waals surface area contributed by atoms with Gasteiger partial charge < -0.3 is 16.3 Å². The number of rotatable bonds is 5. The van der Waals surface area contributed by atoms with Crippen LogP contribution in [0.15, 0.2) is 29.4 Å². The lowest BCUT2D eigenvalue weighted by Crippen LogP contribution is -2.42. The summed E-state index contributed by atoms with van der Waals surface area (Å²) in [5, 5.41) is 14.8. The smallest absolute Gasteiger partial charge is 0.156 e. The maximum absolute atomic E-state index is 13.1. The van der Waals surface area contributed by atoms with Gasteiger partial charge >= 0.3 is 0 Å². The van der Waals surface area contributed by atoms with Crippen molar-refractivity contribution in [3.05, 3.63) is 35.6 Å². The first-order chi connectivity index (χ1) is 8.08. The fourth-order valence-corrected chi connectivity index (χ4v) is 1.66. The van der Waals surface area contributed by atoms with E-state index >= 15 is 0 Å². The van der Waals surface area contributed by atoms with Crippen LogP contribution < -0.4 is 11.1 Å². The summed E-state index contributed by atoms with van der Waals surface area (Å²) in [5.74, 6) is -0.135. The second kappa shape index (κ2) is 6.20. The molecule has 0 aliphatic carbocycles. The number of oxime groups is 1. The topological polar surface area (TPSA) is 70.6 Å². The van der Waals surface area contributed by atoms with Gasteiger partial charge in [-0.25, -0.2) is 4.39 Å². The molecule has 0 saturated carbocycles. The minimum Gasteiger partial charge on any atom is -0.409 e. The standard InChI is InChI=1S/C12H18FN3O/c1-3-11(12(14)16-17)15-8(2)9-5-4-6-10(13)7-9/h4-8,11,15,17H,3H2,1-2H3,(H2,14,16)/t8-,11?/m1/s1. The van der Waals surface area contributed by atoms with Crippen LogP contribution in [-0.4, -0.2) is 17.1 Å². The molecule has 0 fully saturated rings. The molecule has 0 spiro atoms. The number of nitrogens with zero attached hydrogens (tertiary/aromatic N) is 1. The van der Waals surface area contributed by atoms with Crippen molar-refractivity contribution < 1.29 is 9.60 Å². The summed E-state index contributed by atoms with van der Waals surface area (Å²) in [6.07, 6.45) is 0.690. The lowest BCUT2D eigenvalue weighted by molar-refractivity contribution is 0.313. The molecule has 0 aliphatic heterocycles. The van der Waals surface area contributed by atoms with E-state index in [9.17, 15) is 4.39 Å². The third kappa shape index (κ3) is 3.71. The van der Waals surface area contributed by atoms with E-state index in [1.807, 2.05) is 19.9 Å². The molecule has 0 heterocycles. The van der Waals surface area contributed by atoms with Crippen LogP contribution >= 0.6 is 0 Å². The second-order valence-electron chi connectivity index (χ2n) is 3.93. The molecule has 1 unspecified atom stereocenters. The summed E-state index contributed by atoms with van der Waals surface area (Å²) in [5.41, 5.74) is 6.38. The molecule has 0 radical (unpaired) electrons. The monoisotopic (exact) mass is 239 g/mol. The minimum absolute atomic E-state index is 0.0732. The van der Waals surface area contributed by atoms with Crippen LogP contribution in [0.2, 0.25) is 0 Å². The molecule has 4 nitrogen and oxygen atoms in total. The maximum atomic E-state index is 13.1. The van der Waals surface area contributed by atoms with Gasteiger partial charge in [-0.3, -0.25) is 0 Å². The maximum Gasteiger partial charge on any atom is 0.156 e. The fraction of sp³-hybridized carbons (Fsp3) is 0.417. The summed E-state index contributed by atoms with van der Waals surface area (Å²) >= 11 is 0. The van der Waals surface area contributed by atoms with Gasteiger partial charge in [0.25, 0.3) is 0 Å². The van der Waals surface area contributed by atoms with Gasteiger partial charge in [0.15, 0.2) is 5.84 Å². The molecule has 0 aromatic heterocycles. The van der Waals surface area contributed by atoms with Crippen molar-refractivity contribution >= 4 is 5.84 Å². The zero-order valence-electron chi connectivity index (χ0n) is 10.0. The van der Waals surface area contributed by atoms with Gasteiger partial charge in [-0.15, -0.1) is 0 Å². The first-order valence-electron chi connectivity index (χ1n) is 5.57. The highest BCUT2D eigenvalue weighted by molar-refractivity contribution is 5.85. The number of hydrogen-bond donors (Lipinski definition) is 3. The lowest BCUT2D eigenvalue weighted by Gasteiger charge is -2.21. The number of amidine groups is 1. The predicted octanol–water partition coefficient (Wildman–Crippen LogP) is 2.00.